The Morgan fingerprint density at radius 1 is 1.00 bits per heavy atom. The molecule has 3 aromatic heterocycles. The summed E-state index contributed by atoms with van der Waals surface area (Å²) in [6.45, 7) is 4.37. The van der Waals surface area contributed by atoms with Crippen LogP contribution in [0.5, 0.6) is 5.75 Å². The first kappa shape index (κ1) is 18.8. The summed E-state index contributed by atoms with van der Waals surface area (Å²) in [6, 6.07) is 15.9. The van der Waals surface area contributed by atoms with Gasteiger partial charge in [-0.25, -0.2) is 14.8 Å². The van der Waals surface area contributed by atoms with E-state index in [1.807, 2.05) is 36.4 Å². The number of methoxy groups -OCH3 is 2. The molecule has 0 radical (unpaired) electrons. The molecule has 0 bridgehead atoms. The number of hydrogen-bond donors (Lipinski definition) is 0. The van der Waals surface area contributed by atoms with Crippen LogP contribution in [-0.4, -0.2) is 29.6 Å². The lowest BCUT2D eigenvalue weighted by molar-refractivity contribution is 0.0594. The molecule has 0 atom stereocenters. The molecule has 4 heterocycles. The molecule has 0 fully saturated rings. The number of aromatic nitrogens is 2. The molecule has 0 saturated heterocycles. The van der Waals surface area contributed by atoms with Crippen LogP contribution in [0.4, 0.5) is 5.69 Å². The Labute approximate surface area is 184 Å². The number of carbonyl (C=O) groups excluding carboxylic acids is 1. The third-order valence-corrected chi connectivity index (χ3v) is 6.60. The number of fused-ring (bicyclic) bond motifs is 6. The van der Waals surface area contributed by atoms with E-state index in [1.54, 1.807) is 7.11 Å². The highest BCUT2D eigenvalue weighted by molar-refractivity contribution is 6.14. The van der Waals surface area contributed by atoms with Crippen molar-refractivity contribution < 1.29 is 14.3 Å². The second-order valence-electron chi connectivity index (χ2n) is 8.64. The summed E-state index contributed by atoms with van der Waals surface area (Å²) in [5.41, 5.74) is 5.66. The van der Waals surface area contributed by atoms with Gasteiger partial charge >= 0.3 is 5.97 Å². The van der Waals surface area contributed by atoms with Gasteiger partial charge in [-0.05, 0) is 35.9 Å². The molecule has 6 heteroatoms. The van der Waals surface area contributed by atoms with Crippen molar-refractivity contribution in [2.75, 3.05) is 14.2 Å². The van der Waals surface area contributed by atoms with Crippen molar-refractivity contribution in [2.24, 2.45) is 4.99 Å². The predicted octanol–water partition coefficient (Wildman–Crippen LogP) is 4.75. The largest absolute Gasteiger partial charge is 0.497 e. The highest BCUT2D eigenvalue weighted by Gasteiger charge is 2.33. The van der Waals surface area contributed by atoms with Crippen LogP contribution in [0, 0.1) is 0 Å². The molecule has 1 aliphatic heterocycles. The van der Waals surface area contributed by atoms with E-state index >= 15 is 0 Å². The van der Waals surface area contributed by atoms with Crippen molar-refractivity contribution in [3.63, 3.8) is 0 Å². The van der Waals surface area contributed by atoms with Gasteiger partial charge in [-0.1, -0.05) is 32.0 Å². The topological polar surface area (TPSA) is 65.2 Å². The molecule has 5 aromatic rings. The van der Waals surface area contributed by atoms with Crippen LogP contribution in [0.3, 0.4) is 0 Å². The van der Waals surface area contributed by atoms with Gasteiger partial charge in [0.1, 0.15) is 17.0 Å². The summed E-state index contributed by atoms with van der Waals surface area (Å²) in [5.74, 6) is 0.337. The monoisotopic (exact) mass is 423 g/mol. The first-order valence-electron chi connectivity index (χ1n) is 10.5. The van der Waals surface area contributed by atoms with Crippen molar-refractivity contribution in [3.05, 3.63) is 76.9 Å². The second kappa shape index (κ2) is 6.29. The van der Waals surface area contributed by atoms with E-state index in [4.69, 9.17) is 19.5 Å². The third kappa shape index (κ3) is 2.32. The van der Waals surface area contributed by atoms with E-state index in [0.717, 1.165) is 49.7 Å². The Balaban J connectivity index is 1.85. The smallest absolute Gasteiger partial charge is 0.356 e. The molecule has 0 N–H and O–H groups in total. The summed E-state index contributed by atoms with van der Waals surface area (Å²) >= 11 is 0. The van der Waals surface area contributed by atoms with Gasteiger partial charge in [0.25, 0.3) is 0 Å². The Morgan fingerprint density at radius 2 is 1.81 bits per heavy atom. The van der Waals surface area contributed by atoms with E-state index in [1.165, 1.54) is 7.11 Å². The van der Waals surface area contributed by atoms with Crippen LogP contribution < -0.4 is 10.1 Å². The summed E-state index contributed by atoms with van der Waals surface area (Å²) in [7, 11) is 3.04. The maximum absolute atomic E-state index is 12.5. The minimum atomic E-state index is -0.461. The lowest BCUT2D eigenvalue weighted by atomic mass is 9.76. The number of para-hydroxylation sites is 1. The quantitative estimate of drug-likeness (QED) is 0.385. The minimum Gasteiger partial charge on any atom is -0.497 e. The van der Waals surface area contributed by atoms with Gasteiger partial charge in [-0.2, -0.15) is 0 Å². The van der Waals surface area contributed by atoms with E-state index < -0.39 is 5.97 Å². The van der Waals surface area contributed by atoms with Crippen molar-refractivity contribution >= 4 is 39.0 Å². The van der Waals surface area contributed by atoms with Gasteiger partial charge < -0.3 is 13.9 Å². The number of carbonyl (C=O) groups is 1. The van der Waals surface area contributed by atoms with Gasteiger partial charge in [0.05, 0.1) is 36.3 Å². The lowest BCUT2D eigenvalue weighted by Gasteiger charge is -2.31. The molecule has 0 amide bonds. The molecule has 2 aromatic carbocycles. The lowest BCUT2D eigenvalue weighted by Crippen LogP contribution is -2.32. The Kier molecular flexibility index (Phi) is 3.70. The maximum Gasteiger partial charge on any atom is 0.356 e. The molecule has 0 spiro atoms. The second-order valence-corrected chi connectivity index (χ2v) is 8.64. The minimum absolute atomic E-state index is 0.278. The van der Waals surface area contributed by atoms with Crippen molar-refractivity contribution in [1.82, 2.24) is 9.38 Å². The van der Waals surface area contributed by atoms with E-state index in [2.05, 4.69) is 36.6 Å². The molecular formula is C26H21N3O3. The van der Waals surface area contributed by atoms with Gasteiger partial charge in [0, 0.05) is 27.9 Å². The Bertz CT molecular complexity index is 1650. The number of ether oxygens (including phenoxy) is 2. The number of nitrogens with zero attached hydrogens (tertiary/aromatic N) is 3. The number of rotatable bonds is 2. The van der Waals surface area contributed by atoms with Gasteiger partial charge in [-0.15, -0.1) is 0 Å². The van der Waals surface area contributed by atoms with Crippen LogP contribution in [0.2, 0.25) is 0 Å². The van der Waals surface area contributed by atoms with E-state index in [0.29, 0.717) is 5.52 Å². The summed E-state index contributed by atoms with van der Waals surface area (Å²) < 4.78 is 12.7. The van der Waals surface area contributed by atoms with Crippen LogP contribution in [0.1, 0.15) is 35.5 Å². The molecule has 0 saturated carbocycles. The molecule has 32 heavy (non-hydrogen) atoms. The molecule has 6 nitrogen and oxygen atoms in total. The fourth-order valence-corrected chi connectivity index (χ4v) is 4.92. The van der Waals surface area contributed by atoms with E-state index in [-0.39, 0.29) is 11.1 Å². The number of hydrogen-bond acceptors (Lipinski definition) is 5. The van der Waals surface area contributed by atoms with E-state index in [9.17, 15) is 4.79 Å². The van der Waals surface area contributed by atoms with Crippen molar-refractivity contribution in [3.8, 4) is 5.75 Å². The highest BCUT2D eigenvalue weighted by atomic mass is 16.5. The number of benzene rings is 2. The third-order valence-electron chi connectivity index (χ3n) is 6.60. The molecule has 0 aliphatic carbocycles. The SMILES string of the molecule is COC(=O)c1cc2c3ccccc3n3cc4c(c(n1)c23)=Nc1ccc(OC)cc1C4(C)C. The zero-order valence-corrected chi connectivity index (χ0v) is 18.3. The zero-order chi connectivity index (χ0) is 22.2. The Hall–Kier alpha value is -3.93. The number of pyridine rings is 2. The summed E-state index contributed by atoms with van der Waals surface area (Å²) in [6.07, 6.45) is 2.17. The maximum atomic E-state index is 12.5. The Morgan fingerprint density at radius 3 is 2.59 bits per heavy atom. The van der Waals surface area contributed by atoms with Gasteiger partial charge in [-0.3, -0.25) is 0 Å². The summed E-state index contributed by atoms with van der Waals surface area (Å²) in [5, 5.41) is 2.81. The predicted molar refractivity (Wildman–Crippen MR) is 123 cm³/mol. The average Bonchev–Trinajstić information content (AvgIpc) is 3.13. The number of esters is 1. The molecule has 1 aliphatic rings. The molecular weight excluding hydrogens is 402 g/mol. The van der Waals surface area contributed by atoms with Crippen LogP contribution in [0.15, 0.2) is 59.7 Å². The fourth-order valence-electron chi connectivity index (χ4n) is 4.92. The summed E-state index contributed by atoms with van der Waals surface area (Å²) in [4.78, 5) is 22.3. The zero-order valence-electron chi connectivity index (χ0n) is 18.3. The first-order valence-corrected chi connectivity index (χ1v) is 10.5. The van der Waals surface area contributed by atoms with Crippen LogP contribution in [0.25, 0.3) is 27.3 Å². The fraction of sp³-hybridized carbons (Fsp3) is 0.192. The van der Waals surface area contributed by atoms with Crippen molar-refractivity contribution in [1.29, 1.82) is 0 Å². The van der Waals surface area contributed by atoms with Crippen molar-refractivity contribution in [2.45, 2.75) is 19.3 Å². The first-order chi connectivity index (χ1) is 15.4. The van der Waals surface area contributed by atoms with Crippen LogP contribution in [-0.2, 0) is 10.2 Å². The molecule has 6 rings (SSSR count). The molecule has 158 valence electrons. The van der Waals surface area contributed by atoms with Gasteiger partial charge in [0.2, 0.25) is 0 Å². The van der Waals surface area contributed by atoms with Gasteiger partial charge in [0.15, 0.2) is 0 Å². The highest BCUT2D eigenvalue weighted by Crippen LogP contribution is 2.42. The average molecular weight is 423 g/mol. The molecule has 0 unspecified atom stereocenters. The van der Waals surface area contributed by atoms with Crippen LogP contribution >= 0.6 is 0 Å². The normalized spacial score (nSPS) is 14.2. The standard InChI is InChI=1S/C26H21N3O3/c1-26(2)17-11-14(31-3)9-10-19(17)27-22-18(26)13-29-21-8-6-5-7-15(21)16-12-20(25(30)32-4)28-23(22)24(16)29/h5-13H,1-4H3.